The molecule has 2 aromatic rings. The average molecular weight is 413 g/mol. The van der Waals surface area contributed by atoms with Crippen molar-refractivity contribution in [1.82, 2.24) is 5.32 Å². The summed E-state index contributed by atoms with van der Waals surface area (Å²) in [7, 11) is 3.70. The van der Waals surface area contributed by atoms with E-state index in [1.54, 1.807) is 7.11 Å². The lowest BCUT2D eigenvalue weighted by molar-refractivity contribution is -0.117. The van der Waals surface area contributed by atoms with E-state index >= 15 is 0 Å². The molecule has 0 atom stereocenters. The molecule has 2 N–H and O–H groups in total. The normalized spacial score (nSPS) is 13.3. The van der Waals surface area contributed by atoms with Crippen LogP contribution in [0.4, 0.5) is 17.1 Å². The number of methoxy groups -OCH3 is 1. The van der Waals surface area contributed by atoms with E-state index in [0.717, 1.165) is 47.9 Å². The van der Waals surface area contributed by atoms with Gasteiger partial charge in [0.1, 0.15) is 5.75 Å². The molecular weight excluding hydrogens is 384 g/mol. The smallest absolute Gasteiger partial charge is 0.227 e. The number of nitrogens with one attached hydrogen (secondary N) is 2. The maximum atomic E-state index is 12.1. The summed E-state index contributed by atoms with van der Waals surface area (Å²) < 4.78 is 5.19. The van der Waals surface area contributed by atoms with Crippen LogP contribution in [0, 0.1) is 6.92 Å². The number of thiocarbonyl (C=S) groups is 1. The molecule has 1 saturated heterocycles. The highest BCUT2D eigenvalue weighted by Gasteiger charge is 2.23. The predicted molar refractivity (Wildman–Crippen MR) is 123 cm³/mol. The second-order valence-corrected chi connectivity index (χ2v) is 7.56. The van der Waals surface area contributed by atoms with Gasteiger partial charge >= 0.3 is 0 Å². The maximum Gasteiger partial charge on any atom is 0.227 e. The topological polar surface area (TPSA) is 56.8 Å². The summed E-state index contributed by atoms with van der Waals surface area (Å²) in [6, 6.07) is 14.0. The third kappa shape index (κ3) is 5.38. The largest absolute Gasteiger partial charge is 0.497 e. The highest BCUT2D eigenvalue weighted by atomic mass is 32.1. The molecule has 1 fully saturated rings. The Morgan fingerprint density at radius 1 is 1.24 bits per heavy atom. The number of carbonyl (C=O) groups is 1. The number of likely N-dealkylation sites (N-methyl/N-ethyl adjacent to an activating group) is 1. The van der Waals surface area contributed by atoms with Crippen LogP contribution < -0.4 is 25.2 Å². The summed E-state index contributed by atoms with van der Waals surface area (Å²) in [5.41, 5.74) is 4.04. The number of hydrogen-bond donors (Lipinski definition) is 2. The Hall–Kier alpha value is -2.80. The molecule has 0 radical (unpaired) electrons. The SMILES string of the molecule is COc1ccc(N(C)CCNC(=S)Nc2ccc(C)c(N3CCCC3=O)c2)cc1. The Kier molecular flexibility index (Phi) is 6.93. The number of hydrogen-bond acceptors (Lipinski definition) is 4. The predicted octanol–water partition coefficient (Wildman–Crippen LogP) is 3.55. The highest BCUT2D eigenvalue weighted by molar-refractivity contribution is 7.80. The summed E-state index contributed by atoms with van der Waals surface area (Å²) in [5.74, 6) is 1.03. The van der Waals surface area contributed by atoms with Crippen molar-refractivity contribution in [2.75, 3.05) is 48.9 Å². The van der Waals surface area contributed by atoms with Crippen molar-refractivity contribution in [1.29, 1.82) is 0 Å². The zero-order chi connectivity index (χ0) is 20.8. The van der Waals surface area contributed by atoms with E-state index < -0.39 is 0 Å². The van der Waals surface area contributed by atoms with Crippen LogP contribution in [0.15, 0.2) is 42.5 Å². The molecule has 29 heavy (non-hydrogen) atoms. The fourth-order valence-corrected chi connectivity index (χ4v) is 3.58. The van der Waals surface area contributed by atoms with Gasteiger partial charge < -0.3 is 25.2 Å². The number of carbonyl (C=O) groups excluding carboxylic acids is 1. The van der Waals surface area contributed by atoms with E-state index in [4.69, 9.17) is 17.0 Å². The lowest BCUT2D eigenvalue weighted by Gasteiger charge is -2.21. The molecule has 0 saturated carbocycles. The fourth-order valence-electron chi connectivity index (χ4n) is 3.36. The molecule has 6 nitrogen and oxygen atoms in total. The summed E-state index contributed by atoms with van der Waals surface area (Å²) in [6.45, 7) is 4.31. The van der Waals surface area contributed by atoms with Crippen molar-refractivity contribution < 1.29 is 9.53 Å². The minimum atomic E-state index is 0.188. The van der Waals surface area contributed by atoms with Crippen LogP contribution >= 0.6 is 12.2 Å². The number of aryl methyl sites for hydroxylation is 1. The third-order valence-corrected chi connectivity index (χ3v) is 5.32. The van der Waals surface area contributed by atoms with Gasteiger partial charge in [0.25, 0.3) is 0 Å². The number of ether oxygens (including phenoxy) is 1. The van der Waals surface area contributed by atoms with E-state index in [1.165, 1.54) is 0 Å². The minimum absolute atomic E-state index is 0.188. The molecule has 0 aromatic heterocycles. The van der Waals surface area contributed by atoms with E-state index in [2.05, 4.69) is 15.5 Å². The maximum absolute atomic E-state index is 12.1. The van der Waals surface area contributed by atoms with Crippen LogP contribution in [0.2, 0.25) is 0 Å². The molecule has 1 aliphatic rings. The van der Waals surface area contributed by atoms with Gasteiger partial charge in [0.2, 0.25) is 5.91 Å². The molecule has 2 aromatic carbocycles. The second kappa shape index (κ2) is 9.60. The summed E-state index contributed by atoms with van der Waals surface area (Å²) in [6.07, 6.45) is 1.54. The fraction of sp³-hybridized carbons (Fsp3) is 0.364. The van der Waals surface area contributed by atoms with Crippen molar-refractivity contribution in [2.45, 2.75) is 19.8 Å². The van der Waals surface area contributed by atoms with Crippen LogP contribution in [-0.2, 0) is 4.79 Å². The average Bonchev–Trinajstić information content (AvgIpc) is 3.15. The zero-order valence-corrected chi connectivity index (χ0v) is 18.0. The molecule has 0 spiro atoms. The zero-order valence-electron chi connectivity index (χ0n) is 17.2. The van der Waals surface area contributed by atoms with Gasteiger partial charge in [-0.3, -0.25) is 4.79 Å². The number of rotatable bonds is 7. The van der Waals surface area contributed by atoms with Gasteiger partial charge in [-0.25, -0.2) is 0 Å². The van der Waals surface area contributed by atoms with E-state index in [9.17, 15) is 4.79 Å². The molecule has 0 aliphatic carbocycles. The van der Waals surface area contributed by atoms with Crippen molar-refractivity contribution in [3.63, 3.8) is 0 Å². The van der Waals surface area contributed by atoms with Crippen LogP contribution in [0.5, 0.6) is 5.75 Å². The summed E-state index contributed by atoms with van der Waals surface area (Å²) in [5, 5.41) is 7.03. The van der Waals surface area contributed by atoms with Crippen molar-refractivity contribution in [3.8, 4) is 5.75 Å². The lowest BCUT2D eigenvalue weighted by atomic mass is 10.1. The standard InChI is InChI=1S/C22H28N4O2S/c1-16-6-7-17(15-20(16)26-13-4-5-21(26)27)24-22(29)23-12-14-25(2)18-8-10-19(28-3)11-9-18/h6-11,15H,4-5,12-14H2,1-3H3,(H2,23,24,29). The third-order valence-electron chi connectivity index (χ3n) is 5.08. The van der Waals surface area contributed by atoms with Crippen molar-refractivity contribution in [3.05, 3.63) is 48.0 Å². The molecule has 154 valence electrons. The van der Waals surface area contributed by atoms with E-state index in [-0.39, 0.29) is 5.91 Å². The van der Waals surface area contributed by atoms with Crippen LogP contribution in [0.25, 0.3) is 0 Å². The van der Waals surface area contributed by atoms with E-state index in [1.807, 2.05) is 61.3 Å². The monoisotopic (exact) mass is 412 g/mol. The summed E-state index contributed by atoms with van der Waals surface area (Å²) >= 11 is 5.43. The first-order valence-electron chi connectivity index (χ1n) is 9.79. The first-order valence-corrected chi connectivity index (χ1v) is 10.2. The Morgan fingerprint density at radius 3 is 2.66 bits per heavy atom. The quantitative estimate of drug-likeness (QED) is 0.679. The number of amides is 1. The Labute approximate surface area is 177 Å². The molecule has 1 heterocycles. The van der Waals surface area contributed by atoms with Crippen LogP contribution in [-0.4, -0.2) is 44.8 Å². The molecule has 7 heteroatoms. The van der Waals surface area contributed by atoms with Gasteiger partial charge in [-0.15, -0.1) is 0 Å². The van der Waals surface area contributed by atoms with Crippen molar-refractivity contribution in [2.24, 2.45) is 0 Å². The summed E-state index contributed by atoms with van der Waals surface area (Å²) in [4.78, 5) is 16.1. The van der Waals surface area contributed by atoms with Crippen molar-refractivity contribution >= 4 is 40.3 Å². The van der Waals surface area contributed by atoms with Gasteiger partial charge in [0, 0.05) is 50.2 Å². The molecular formula is C22H28N4O2S. The molecule has 3 rings (SSSR count). The van der Waals surface area contributed by atoms with Gasteiger partial charge in [-0.2, -0.15) is 0 Å². The highest BCUT2D eigenvalue weighted by Crippen LogP contribution is 2.28. The van der Waals surface area contributed by atoms with Crippen LogP contribution in [0.1, 0.15) is 18.4 Å². The molecule has 1 aliphatic heterocycles. The number of benzene rings is 2. The molecule has 0 unspecified atom stereocenters. The van der Waals surface area contributed by atoms with Gasteiger partial charge in [-0.1, -0.05) is 6.07 Å². The molecule has 0 bridgehead atoms. The van der Waals surface area contributed by atoms with Gasteiger partial charge in [-0.05, 0) is 67.5 Å². The van der Waals surface area contributed by atoms with Crippen LogP contribution in [0.3, 0.4) is 0 Å². The first-order chi connectivity index (χ1) is 14.0. The minimum Gasteiger partial charge on any atom is -0.497 e. The number of anilines is 3. The van der Waals surface area contributed by atoms with Gasteiger partial charge in [0.15, 0.2) is 5.11 Å². The Bertz CT molecular complexity index is 870. The second-order valence-electron chi connectivity index (χ2n) is 7.15. The molecule has 1 amide bonds. The van der Waals surface area contributed by atoms with Gasteiger partial charge in [0.05, 0.1) is 7.11 Å². The Balaban J connectivity index is 1.51. The van der Waals surface area contributed by atoms with E-state index in [0.29, 0.717) is 18.1 Å². The number of nitrogens with zero attached hydrogens (tertiary/aromatic N) is 2. The lowest BCUT2D eigenvalue weighted by Crippen LogP contribution is -2.35. The first kappa shape index (κ1) is 20.9. The Morgan fingerprint density at radius 2 is 2.00 bits per heavy atom.